The van der Waals surface area contributed by atoms with Crippen LogP contribution in [0.5, 0.6) is 0 Å². The van der Waals surface area contributed by atoms with E-state index in [-0.39, 0.29) is 17.9 Å². The van der Waals surface area contributed by atoms with E-state index in [4.69, 9.17) is 5.11 Å². The van der Waals surface area contributed by atoms with E-state index in [9.17, 15) is 9.59 Å². The average molecular weight is 292 g/mol. The molecule has 0 atom stereocenters. The van der Waals surface area contributed by atoms with Crippen molar-refractivity contribution < 1.29 is 14.7 Å². The number of carbonyl (C=O) groups excluding carboxylic acids is 1. The maximum atomic E-state index is 11.8. The highest BCUT2D eigenvalue weighted by Gasteiger charge is 2.09. The number of nitrogens with one attached hydrogen (secondary N) is 2. The summed E-state index contributed by atoms with van der Waals surface area (Å²) in [6.07, 6.45) is 1.03. The normalized spacial score (nSPS) is 11.2. The van der Waals surface area contributed by atoms with Gasteiger partial charge in [0.15, 0.2) is 0 Å². The van der Waals surface area contributed by atoms with Gasteiger partial charge in [0.05, 0.1) is 0 Å². The van der Waals surface area contributed by atoms with Crippen LogP contribution in [0.25, 0.3) is 0 Å². The monoisotopic (exact) mass is 292 g/mol. The van der Waals surface area contributed by atoms with Crippen LogP contribution in [-0.4, -0.2) is 29.1 Å². The summed E-state index contributed by atoms with van der Waals surface area (Å²) < 4.78 is 0. The van der Waals surface area contributed by atoms with Crippen molar-refractivity contribution in [2.24, 2.45) is 0 Å². The number of hydrogen-bond acceptors (Lipinski definition) is 3. The summed E-state index contributed by atoms with van der Waals surface area (Å²) in [6, 6.07) is 7.27. The number of benzene rings is 1. The second kappa shape index (κ2) is 7.78. The van der Waals surface area contributed by atoms with Crippen LogP contribution in [0.3, 0.4) is 0 Å². The molecule has 0 saturated carbocycles. The fourth-order valence-corrected chi connectivity index (χ4v) is 1.78. The van der Waals surface area contributed by atoms with Gasteiger partial charge in [-0.05, 0) is 44.9 Å². The molecule has 0 saturated heterocycles. The number of aryl methyl sites for hydroxylation is 1. The van der Waals surface area contributed by atoms with E-state index < -0.39 is 5.97 Å². The average Bonchev–Trinajstić information content (AvgIpc) is 2.36. The van der Waals surface area contributed by atoms with E-state index in [0.29, 0.717) is 19.4 Å². The Morgan fingerprint density at radius 2 is 1.71 bits per heavy atom. The van der Waals surface area contributed by atoms with E-state index in [0.717, 1.165) is 11.3 Å². The topological polar surface area (TPSA) is 78.4 Å². The Bertz CT molecular complexity index is 475. The van der Waals surface area contributed by atoms with E-state index in [1.54, 1.807) is 12.1 Å². The molecule has 5 heteroatoms. The second-order valence-corrected chi connectivity index (χ2v) is 6.07. The Labute approximate surface area is 125 Å². The van der Waals surface area contributed by atoms with Crippen molar-refractivity contribution in [1.29, 1.82) is 0 Å². The fraction of sp³-hybridized carbons (Fsp3) is 0.500. The van der Waals surface area contributed by atoms with Crippen LogP contribution in [-0.2, 0) is 16.0 Å². The van der Waals surface area contributed by atoms with E-state index in [1.807, 2.05) is 12.1 Å². The lowest BCUT2D eigenvalue weighted by molar-refractivity contribution is -0.137. The number of carboxylic acid groups (broad SMARTS) is 1. The minimum absolute atomic E-state index is 0.00602. The summed E-state index contributed by atoms with van der Waals surface area (Å²) in [5.74, 6) is -0.844. The molecule has 1 aromatic carbocycles. The summed E-state index contributed by atoms with van der Waals surface area (Å²) in [5, 5.41) is 14.7. The molecule has 1 aromatic rings. The van der Waals surface area contributed by atoms with Crippen LogP contribution in [0.4, 0.5) is 5.69 Å². The molecule has 5 nitrogen and oxygen atoms in total. The predicted molar refractivity (Wildman–Crippen MR) is 83.4 cm³/mol. The van der Waals surface area contributed by atoms with Gasteiger partial charge in [-0.2, -0.15) is 0 Å². The van der Waals surface area contributed by atoms with Crippen LogP contribution >= 0.6 is 0 Å². The molecule has 0 aliphatic rings. The third-order valence-corrected chi connectivity index (χ3v) is 2.87. The molecule has 0 fully saturated rings. The second-order valence-electron chi connectivity index (χ2n) is 6.07. The Hall–Kier alpha value is -1.88. The van der Waals surface area contributed by atoms with E-state index in [2.05, 4.69) is 31.4 Å². The van der Waals surface area contributed by atoms with Gasteiger partial charge in [-0.25, -0.2) is 0 Å². The van der Waals surface area contributed by atoms with E-state index >= 15 is 0 Å². The first-order valence-corrected chi connectivity index (χ1v) is 7.12. The lowest BCUT2D eigenvalue weighted by Gasteiger charge is -2.20. The molecular weight excluding hydrogens is 268 g/mol. The third kappa shape index (κ3) is 8.09. The lowest BCUT2D eigenvalue weighted by Crippen LogP contribution is -2.37. The van der Waals surface area contributed by atoms with Gasteiger partial charge in [0, 0.05) is 30.6 Å². The molecule has 1 rings (SSSR count). The number of carboxylic acids is 1. The van der Waals surface area contributed by atoms with Crippen molar-refractivity contribution in [3.8, 4) is 0 Å². The molecule has 1 amide bonds. The standard InChI is InChI=1S/C16H24N2O3/c1-16(2,3)17-11-10-14(19)18-13-7-4-12(5-8-13)6-9-15(20)21/h4-5,7-8,17H,6,9-11H2,1-3H3,(H,18,19)(H,20,21). The molecule has 0 bridgehead atoms. The minimum Gasteiger partial charge on any atom is -0.481 e. The van der Waals surface area contributed by atoms with Crippen LogP contribution in [0.2, 0.25) is 0 Å². The van der Waals surface area contributed by atoms with Gasteiger partial charge < -0.3 is 15.7 Å². The zero-order valence-electron chi connectivity index (χ0n) is 12.9. The van der Waals surface area contributed by atoms with Crippen LogP contribution in [0.15, 0.2) is 24.3 Å². The predicted octanol–water partition coefficient (Wildman–Crippen LogP) is 2.42. The Kier molecular flexibility index (Phi) is 6.37. The van der Waals surface area contributed by atoms with Crippen molar-refractivity contribution in [2.75, 3.05) is 11.9 Å². The number of amides is 1. The van der Waals surface area contributed by atoms with Crippen LogP contribution < -0.4 is 10.6 Å². The summed E-state index contributed by atoms with van der Waals surface area (Å²) in [4.78, 5) is 22.3. The Morgan fingerprint density at radius 1 is 1.10 bits per heavy atom. The van der Waals surface area contributed by atoms with Gasteiger partial charge in [-0.15, -0.1) is 0 Å². The summed E-state index contributed by atoms with van der Waals surface area (Å²) in [6.45, 7) is 6.80. The number of hydrogen-bond donors (Lipinski definition) is 3. The molecule has 3 N–H and O–H groups in total. The zero-order valence-corrected chi connectivity index (χ0v) is 12.9. The zero-order chi connectivity index (χ0) is 15.9. The maximum Gasteiger partial charge on any atom is 0.303 e. The number of aliphatic carboxylic acids is 1. The number of rotatable bonds is 7. The summed E-state index contributed by atoms with van der Waals surface area (Å²) in [5.41, 5.74) is 1.69. The largest absolute Gasteiger partial charge is 0.481 e. The SMILES string of the molecule is CC(C)(C)NCCC(=O)Nc1ccc(CCC(=O)O)cc1. The van der Waals surface area contributed by atoms with Crippen molar-refractivity contribution in [1.82, 2.24) is 5.32 Å². The molecule has 0 spiro atoms. The van der Waals surface area contributed by atoms with Crippen molar-refractivity contribution in [3.63, 3.8) is 0 Å². The van der Waals surface area contributed by atoms with Crippen LogP contribution in [0, 0.1) is 0 Å². The lowest BCUT2D eigenvalue weighted by atomic mass is 10.1. The number of anilines is 1. The van der Waals surface area contributed by atoms with Gasteiger partial charge in [-0.3, -0.25) is 9.59 Å². The summed E-state index contributed by atoms with van der Waals surface area (Å²) in [7, 11) is 0. The van der Waals surface area contributed by atoms with Gasteiger partial charge >= 0.3 is 5.97 Å². The fourth-order valence-electron chi connectivity index (χ4n) is 1.78. The quantitative estimate of drug-likeness (QED) is 0.721. The molecule has 0 aromatic heterocycles. The molecule has 0 radical (unpaired) electrons. The van der Waals surface area contributed by atoms with Crippen LogP contribution in [0.1, 0.15) is 39.2 Å². The first-order valence-electron chi connectivity index (χ1n) is 7.12. The van der Waals surface area contributed by atoms with Crippen molar-refractivity contribution in [2.45, 2.75) is 45.6 Å². The molecule has 21 heavy (non-hydrogen) atoms. The molecule has 0 aliphatic carbocycles. The van der Waals surface area contributed by atoms with Gasteiger partial charge in [0.1, 0.15) is 0 Å². The molecule has 0 unspecified atom stereocenters. The molecule has 0 heterocycles. The Morgan fingerprint density at radius 3 is 2.24 bits per heavy atom. The minimum atomic E-state index is -0.807. The number of carbonyl (C=O) groups is 2. The Balaban J connectivity index is 2.37. The van der Waals surface area contributed by atoms with Gasteiger partial charge in [0.25, 0.3) is 0 Å². The van der Waals surface area contributed by atoms with E-state index in [1.165, 1.54) is 0 Å². The maximum absolute atomic E-state index is 11.8. The molecule has 116 valence electrons. The highest BCUT2D eigenvalue weighted by Crippen LogP contribution is 2.11. The van der Waals surface area contributed by atoms with Gasteiger partial charge in [0.2, 0.25) is 5.91 Å². The van der Waals surface area contributed by atoms with Crippen molar-refractivity contribution in [3.05, 3.63) is 29.8 Å². The highest BCUT2D eigenvalue weighted by molar-refractivity contribution is 5.90. The summed E-state index contributed by atoms with van der Waals surface area (Å²) >= 11 is 0. The van der Waals surface area contributed by atoms with Gasteiger partial charge in [-0.1, -0.05) is 12.1 Å². The molecular formula is C16H24N2O3. The first kappa shape index (κ1) is 17.2. The first-order chi connectivity index (χ1) is 9.76. The van der Waals surface area contributed by atoms with Crippen molar-refractivity contribution >= 4 is 17.6 Å². The molecule has 0 aliphatic heterocycles. The highest BCUT2D eigenvalue weighted by atomic mass is 16.4. The smallest absolute Gasteiger partial charge is 0.303 e. The third-order valence-electron chi connectivity index (χ3n) is 2.87.